The van der Waals surface area contributed by atoms with Crippen molar-refractivity contribution in [3.63, 3.8) is 0 Å². The molecule has 0 bridgehead atoms. The van der Waals surface area contributed by atoms with Gasteiger partial charge in [-0.1, -0.05) is 12.1 Å². The molecule has 0 saturated carbocycles. The molecule has 7 heteroatoms. The second kappa shape index (κ2) is 11.2. The molecule has 1 amide bonds. The highest BCUT2D eigenvalue weighted by molar-refractivity contribution is 5.88. The van der Waals surface area contributed by atoms with Gasteiger partial charge in [0, 0.05) is 57.6 Å². The van der Waals surface area contributed by atoms with Gasteiger partial charge in [-0.05, 0) is 55.3 Å². The van der Waals surface area contributed by atoms with E-state index in [9.17, 15) is 4.79 Å². The molecule has 0 spiro atoms. The molecule has 1 heterocycles. The lowest BCUT2D eigenvalue weighted by Gasteiger charge is -2.37. The van der Waals surface area contributed by atoms with Crippen molar-refractivity contribution in [2.24, 2.45) is 4.99 Å². The highest BCUT2D eigenvalue weighted by Gasteiger charge is 2.19. The Hall–Kier alpha value is -3.22. The maximum atomic E-state index is 11.1. The summed E-state index contributed by atoms with van der Waals surface area (Å²) in [5.41, 5.74) is 3.26. The number of ether oxygens (including phenoxy) is 1. The van der Waals surface area contributed by atoms with E-state index in [2.05, 4.69) is 39.5 Å². The second-order valence-corrected chi connectivity index (χ2v) is 7.54. The van der Waals surface area contributed by atoms with Crippen molar-refractivity contribution < 1.29 is 9.53 Å². The zero-order valence-corrected chi connectivity index (χ0v) is 18.7. The first-order chi connectivity index (χ1) is 15.1. The number of anilines is 2. The molecule has 7 nitrogen and oxygen atoms in total. The zero-order valence-electron chi connectivity index (χ0n) is 18.7. The summed E-state index contributed by atoms with van der Waals surface area (Å²) < 4.78 is 5.25. The molecular formula is C24H33N5O2. The lowest BCUT2D eigenvalue weighted by molar-refractivity contribution is -0.114. The minimum atomic E-state index is -0.0558. The minimum Gasteiger partial charge on any atom is -0.497 e. The van der Waals surface area contributed by atoms with Crippen molar-refractivity contribution in [2.45, 2.75) is 20.3 Å². The molecule has 2 N–H and O–H groups in total. The van der Waals surface area contributed by atoms with Crippen molar-refractivity contribution in [2.75, 3.05) is 56.6 Å². The van der Waals surface area contributed by atoms with Gasteiger partial charge >= 0.3 is 0 Å². The van der Waals surface area contributed by atoms with Gasteiger partial charge in [0.25, 0.3) is 0 Å². The third-order valence-electron chi connectivity index (χ3n) is 5.29. The SMILES string of the molecule is CCNC(=NCCc1ccc(NC(C)=O)cc1)N1CCN(c2ccc(OC)cc2)CC1. The molecular weight excluding hydrogens is 390 g/mol. The highest BCUT2D eigenvalue weighted by Crippen LogP contribution is 2.20. The molecule has 1 aliphatic rings. The summed E-state index contributed by atoms with van der Waals surface area (Å²) in [7, 11) is 1.69. The number of benzene rings is 2. The first-order valence-electron chi connectivity index (χ1n) is 10.9. The largest absolute Gasteiger partial charge is 0.497 e. The number of nitrogens with zero attached hydrogens (tertiary/aromatic N) is 3. The van der Waals surface area contributed by atoms with Gasteiger partial charge in [0.05, 0.1) is 7.11 Å². The molecule has 0 radical (unpaired) electrons. The molecule has 0 atom stereocenters. The van der Waals surface area contributed by atoms with E-state index < -0.39 is 0 Å². The number of hydrogen-bond acceptors (Lipinski definition) is 4. The fourth-order valence-corrected chi connectivity index (χ4v) is 3.64. The molecule has 3 rings (SSSR count). The van der Waals surface area contributed by atoms with Gasteiger partial charge < -0.3 is 25.2 Å². The Morgan fingerprint density at radius 3 is 2.29 bits per heavy atom. The smallest absolute Gasteiger partial charge is 0.221 e. The summed E-state index contributed by atoms with van der Waals surface area (Å²) in [4.78, 5) is 20.7. The maximum absolute atomic E-state index is 11.1. The van der Waals surface area contributed by atoms with Crippen LogP contribution in [0.3, 0.4) is 0 Å². The van der Waals surface area contributed by atoms with Gasteiger partial charge in [-0.25, -0.2) is 0 Å². The van der Waals surface area contributed by atoms with Crippen LogP contribution in [0.5, 0.6) is 5.75 Å². The number of aliphatic imine (C=N–C) groups is 1. The molecule has 1 fully saturated rings. The monoisotopic (exact) mass is 423 g/mol. The Morgan fingerprint density at radius 1 is 1.03 bits per heavy atom. The Kier molecular flexibility index (Phi) is 8.15. The number of hydrogen-bond donors (Lipinski definition) is 2. The van der Waals surface area contributed by atoms with Gasteiger partial charge in [0.2, 0.25) is 5.91 Å². The first-order valence-corrected chi connectivity index (χ1v) is 10.9. The van der Waals surface area contributed by atoms with Gasteiger partial charge in [-0.2, -0.15) is 0 Å². The molecule has 0 unspecified atom stereocenters. The van der Waals surface area contributed by atoms with Crippen LogP contribution in [-0.4, -0.2) is 63.1 Å². The average Bonchev–Trinajstić information content (AvgIpc) is 2.79. The lowest BCUT2D eigenvalue weighted by Crippen LogP contribution is -2.52. The zero-order chi connectivity index (χ0) is 22.1. The van der Waals surface area contributed by atoms with Crippen molar-refractivity contribution in [3.05, 3.63) is 54.1 Å². The van der Waals surface area contributed by atoms with Crippen LogP contribution in [0.4, 0.5) is 11.4 Å². The summed E-state index contributed by atoms with van der Waals surface area (Å²) in [5, 5.41) is 6.23. The number of amides is 1. The van der Waals surface area contributed by atoms with Crippen molar-refractivity contribution >= 4 is 23.2 Å². The van der Waals surface area contributed by atoms with Gasteiger partial charge in [0.1, 0.15) is 5.75 Å². The van der Waals surface area contributed by atoms with E-state index in [4.69, 9.17) is 9.73 Å². The van der Waals surface area contributed by atoms with Gasteiger partial charge in [-0.3, -0.25) is 9.79 Å². The Bertz CT molecular complexity index is 857. The molecule has 1 aliphatic heterocycles. The van der Waals surface area contributed by atoms with Crippen LogP contribution in [0.1, 0.15) is 19.4 Å². The number of carbonyl (C=O) groups excluding carboxylic acids is 1. The summed E-state index contributed by atoms with van der Waals surface area (Å²) in [6.45, 7) is 8.98. The van der Waals surface area contributed by atoms with E-state index in [1.165, 1.54) is 18.2 Å². The van der Waals surface area contributed by atoms with Gasteiger partial charge in [-0.15, -0.1) is 0 Å². The summed E-state index contributed by atoms with van der Waals surface area (Å²) in [6.07, 6.45) is 0.862. The van der Waals surface area contributed by atoms with E-state index in [-0.39, 0.29) is 5.91 Å². The standard InChI is InChI=1S/C24H33N5O2/c1-4-25-24(26-14-13-20-5-7-21(8-6-20)27-19(2)30)29-17-15-28(16-18-29)22-9-11-23(31-3)12-10-22/h5-12H,4,13-18H2,1-3H3,(H,25,26)(H,27,30). The van der Waals surface area contributed by atoms with Crippen LogP contribution in [-0.2, 0) is 11.2 Å². The predicted octanol–water partition coefficient (Wildman–Crippen LogP) is 2.98. The van der Waals surface area contributed by atoms with Crippen molar-refractivity contribution in [1.29, 1.82) is 0 Å². The molecule has 31 heavy (non-hydrogen) atoms. The molecule has 0 aromatic heterocycles. The summed E-state index contributed by atoms with van der Waals surface area (Å²) in [6, 6.07) is 16.2. The molecule has 2 aromatic rings. The van der Waals surface area contributed by atoms with Crippen LogP contribution >= 0.6 is 0 Å². The minimum absolute atomic E-state index is 0.0558. The van der Waals surface area contributed by atoms with E-state index in [1.54, 1.807) is 7.11 Å². The number of piperazine rings is 1. The third kappa shape index (κ3) is 6.64. The Balaban J connectivity index is 1.52. The normalized spacial score (nSPS) is 14.4. The van der Waals surface area contributed by atoms with Crippen LogP contribution < -0.4 is 20.3 Å². The molecule has 166 valence electrons. The molecule has 1 saturated heterocycles. The quantitative estimate of drug-likeness (QED) is 0.529. The second-order valence-electron chi connectivity index (χ2n) is 7.54. The topological polar surface area (TPSA) is 69.2 Å². The number of nitrogens with one attached hydrogen (secondary N) is 2. The van der Waals surface area contributed by atoms with Crippen molar-refractivity contribution in [3.8, 4) is 5.75 Å². The van der Waals surface area contributed by atoms with E-state index in [1.807, 2.05) is 36.4 Å². The van der Waals surface area contributed by atoms with Crippen molar-refractivity contribution in [1.82, 2.24) is 10.2 Å². The van der Waals surface area contributed by atoms with Crippen LogP contribution in [0, 0.1) is 0 Å². The average molecular weight is 424 g/mol. The lowest BCUT2D eigenvalue weighted by atomic mass is 10.1. The highest BCUT2D eigenvalue weighted by atomic mass is 16.5. The third-order valence-corrected chi connectivity index (χ3v) is 5.29. The fraction of sp³-hybridized carbons (Fsp3) is 0.417. The Labute approximate surface area is 185 Å². The van der Waals surface area contributed by atoms with Gasteiger partial charge in [0.15, 0.2) is 5.96 Å². The molecule has 2 aromatic carbocycles. The number of carbonyl (C=O) groups is 1. The first kappa shape index (κ1) is 22.5. The van der Waals surface area contributed by atoms with Crippen LogP contribution in [0.15, 0.2) is 53.5 Å². The number of methoxy groups -OCH3 is 1. The van der Waals surface area contributed by atoms with E-state index >= 15 is 0 Å². The summed E-state index contributed by atoms with van der Waals surface area (Å²) in [5.74, 6) is 1.81. The van der Waals surface area contributed by atoms with Crippen LogP contribution in [0.25, 0.3) is 0 Å². The number of guanidine groups is 1. The van der Waals surface area contributed by atoms with E-state index in [0.717, 1.165) is 63.1 Å². The molecule has 0 aliphatic carbocycles. The maximum Gasteiger partial charge on any atom is 0.221 e. The number of rotatable bonds is 7. The Morgan fingerprint density at radius 2 is 1.71 bits per heavy atom. The van der Waals surface area contributed by atoms with E-state index in [0.29, 0.717) is 0 Å². The van der Waals surface area contributed by atoms with Crippen LogP contribution in [0.2, 0.25) is 0 Å². The predicted molar refractivity (Wildman–Crippen MR) is 127 cm³/mol. The summed E-state index contributed by atoms with van der Waals surface area (Å²) >= 11 is 0. The fourth-order valence-electron chi connectivity index (χ4n) is 3.64.